The molecule has 3 amide bonds. The van der Waals surface area contributed by atoms with Crippen LogP contribution in [-0.4, -0.2) is 47.9 Å². The van der Waals surface area contributed by atoms with Crippen LogP contribution in [0.4, 0.5) is 24.5 Å². The molecule has 0 aromatic heterocycles. The first-order chi connectivity index (χ1) is 13.3. The molecule has 1 atom stereocenters. The first-order valence-electron chi connectivity index (χ1n) is 9.38. The smallest absolute Gasteiger partial charge is 0.324 e. The molecule has 9 heteroatoms. The van der Waals surface area contributed by atoms with Crippen molar-refractivity contribution in [2.24, 2.45) is 5.92 Å². The lowest BCUT2D eigenvalue weighted by Crippen LogP contribution is -2.48. The lowest BCUT2D eigenvalue weighted by atomic mass is 10.1. The Hall–Kier alpha value is -2.58. The van der Waals surface area contributed by atoms with Crippen molar-refractivity contribution in [2.45, 2.75) is 44.3 Å². The van der Waals surface area contributed by atoms with Crippen LogP contribution >= 0.6 is 0 Å². The van der Waals surface area contributed by atoms with E-state index in [0.29, 0.717) is 30.0 Å². The second-order valence-corrected chi connectivity index (χ2v) is 7.50. The molecule has 6 nitrogen and oxygen atoms in total. The quantitative estimate of drug-likeness (QED) is 0.855. The van der Waals surface area contributed by atoms with Gasteiger partial charge in [0.15, 0.2) is 0 Å². The van der Waals surface area contributed by atoms with Crippen LogP contribution in [0.3, 0.4) is 0 Å². The van der Waals surface area contributed by atoms with Crippen LogP contribution in [0.1, 0.15) is 31.2 Å². The maximum absolute atomic E-state index is 12.7. The molecule has 28 heavy (non-hydrogen) atoms. The highest BCUT2D eigenvalue weighted by Crippen LogP contribution is 2.37. The first kappa shape index (κ1) is 18.8. The zero-order chi connectivity index (χ0) is 20.1. The fourth-order valence-corrected chi connectivity index (χ4v) is 3.93. The lowest BCUT2D eigenvalue weighted by molar-refractivity contribution is -0.186. The van der Waals surface area contributed by atoms with E-state index < -0.39 is 24.0 Å². The van der Waals surface area contributed by atoms with Crippen LogP contribution in [-0.2, 0) is 20.8 Å². The summed E-state index contributed by atoms with van der Waals surface area (Å²) in [6.07, 6.45) is -1.93. The van der Waals surface area contributed by atoms with E-state index in [-0.39, 0.29) is 24.8 Å². The summed E-state index contributed by atoms with van der Waals surface area (Å²) in [5, 5.41) is 2.63. The maximum atomic E-state index is 12.7. The Kier molecular flexibility index (Phi) is 4.55. The van der Waals surface area contributed by atoms with Gasteiger partial charge in [-0.25, -0.2) is 0 Å². The van der Waals surface area contributed by atoms with Crippen molar-refractivity contribution < 1.29 is 27.6 Å². The predicted molar refractivity (Wildman–Crippen MR) is 94.6 cm³/mol. The topological polar surface area (TPSA) is 69.7 Å². The Morgan fingerprint density at radius 3 is 2.50 bits per heavy atom. The van der Waals surface area contributed by atoms with E-state index in [1.807, 2.05) is 0 Å². The third kappa shape index (κ3) is 3.45. The Morgan fingerprint density at radius 2 is 1.82 bits per heavy atom. The Labute approximate surface area is 159 Å². The van der Waals surface area contributed by atoms with Crippen molar-refractivity contribution in [3.8, 4) is 0 Å². The number of carbonyl (C=O) groups is 3. The number of carbonyl (C=O) groups excluding carboxylic acids is 3. The third-order valence-electron chi connectivity index (χ3n) is 5.49. The number of amides is 3. The summed E-state index contributed by atoms with van der Waals surface area (Å²) in [5.41, 5.74) is 2.20. The van der Waals surface area contributed by atoms with E-state index in [0.717, 1.165) is 24.1 Å². The summed E-state index contributed by atoms with van der Waals surface area (Å²) in [7, 11) is 0. The van der Waals surface area contributed by atoms with Gasteiger partial charge in [-0.3, -0.25) is 14.4 Å². The molecule has 0 bridgehead atoms. The van der Waals surface area contributed by atoms with Gasteiger partial charge in [0, 0.05) is 30.4 Å². The molecular formula is C19H20F3N3O3. The maximum Gasteiger partial charge on any atom is 0.471 e. The van der Waals surface area contributed by atoms with E-state index in [1.54, 1.807) is 23.1 Å². The van der Waals surface area contributed by atoms with Crippen molar-refractivity contribution in [1.29, 1.82) is 0 Å². The van der Waals surface area contributed by atoms with Crippen molar-refractivity contribution >= 4 is 29.1 Å². The van der Waals surface area contributed by atoms with Gasteiger partial charge in [-0.1, -0.05) is 0 Å². The van der Waals surface area contributed by atoms with E-state index in [4.69, 9.17) is 0 Å². The summed E-state index contributed by atoms with van der Waals surface area (Å²) >= 11 is 0. The van der Waals surface area contributed by atoms with Gasteiger partial charge < -0.3 is 15.1 Å². The fraction of sp³-hybridized carbons (Fsp3) is 0.526. The Bertz CT molecular complexity index is 835. The summed E-state index contributed by atoms with van der Waals surface area (Å²) < 4.78 is 38.2. The third-order valence-corrected chi connectivity index (χ3v) is 5.49. The molecule has 1 unspecified atom stereocenters. The van der Waals surface area contributed by atoms with Gasteiger partial charge in [-0.15, -0.1) is 0 Å². The summed E-state index contributed by atoms with van der Waals surface area (Å²) in [6, 6.07) is 4.01. The van der Waals surface area contributed by atoms with Crippen LogP contribution in [0.25, 0.3) is 0 Å². The molecule has 1 saturated heterocycles. The van der Waals surface area contributed by atoms with Gasteiger partial charge in [0.2, 0.25) is 11.8 Å². The average Bonchev–Trinajstić information content (AvgIpc) is 3.23. The molecule has 1 aromatic carbocycles. The van der Waals surface area contributed by atoms with Gasteiger partial charge >= 0.3 is 12.1 Å². The van der Waals surface area contributed by atoms with Gasteiger partial charge in [-0.05, 0) is 55.9 Å². The minimum Gasteiger partial charge on any atom is -0.324 e. The van der Waals surface area contributed by atoms with Crippen LogP contribution in [0, 0.1) is 5.92 Å². The number of rotatable bonds is 3. The Morgan fingerprint density at radius 1 is 1.07 bits per heavy atom. The van der Waals surface area contributed by atoms with Gasteiger partial charge in [0.1, 0.15) is 6.04 Å². The van der Waals surface area contributed by atoms with E-state index >= 15 is 0 Å². The Balaban J connectivity index is 1.45. The van der Waals surface area contributed by atoms with Crippen molar-refractivity contribution in [1.82, 2.24) is 4.90 Å². The number of alkyl halides is 3. The normalized spacial score (nSPS) is 21.6. The largest absolute Gasteiger partial charge is 0.471 e. The zero-order valence-electron chi connectivity index (χ0n) is 15.1. The molecule has 1 saturated carbocycles. The van der Waals surface area contributed by atoms with Crippen LogP contribution in [0.5, 0.6) is 0 Å². The molecule has 1 N–H and O–H groups in total. The minimum atomic E-state index is -4.99. The zero-order valence-corrected chi connectivity index (χ0v) is 15.1. The molecule has 2 aliphatic heterocycles. The fourth-order valence-electron chi connectivity index (χ4n) is 3.93. The minimum absolute atomic E-state index is 0.0845. The first-order valence-corrected chi connectivity index (χ1v) is 9.38. The monoisotopic (exact) mass is 395 g/mol. The van der Waals surface area contributed by atoms with Crippen LogP contribution < -0.4 is 10.2 Å². The SMILES string of the molecule is O=C(Nc1ccc2c(c1)CCN2C(=O)C1CC1)C1CCCN1C(=O)C(F)(F)F. The highest BCUT2D eigenvalue weighted by Gasteiger charge is 2.47. The highest BCUT2D eigenvalue weighted by molar-refractivity contribution is 6.00. The molecule has 1 aliphatic carbocycles. The van der Waals surface area contributed by atoms with Crippen LogP contribution in [0.2, 0.25) is 0 Å². The number of nitrogens with zero attached hydrogens (tertiary/aromatic N) is 2. The molecule has 1 aromatic rings. The molecule has 3 aliphatic rings. The van der Waals surface area contributed by atoms with Gasteiger partial charge in [0.05, 0.1) is 0 Å². The number of hydrogen-bond donors (Lipinski definition) is 1. The second-order valence-electron chi connectivity index (χ2n) is 7.50. The van der Waals surface area contributed by atoms with E-state index in [2.05, 4.69) is 5.32 Å². The van der Waals surface area contributed by atoms with E-state index in [9.17, 15) is 27.6 Å². The number of nitrogens with one attached hydrogen (secondary N) is 1. The highest BCUT2D eigenvalue weighted by atomic mass is 19.4. The number of hydrogen-bond acceptors (Lipinski definition) is 3. The number of benzene rings is 1. The molecule has 2 fully saturated rings. The molecule has 4 rings (SSSR count). The number of fused-ring (bicyclic) bond motifs is 1. The van der Waals surface area contributed by atoms with Crippen molar-refractivity contribution in [2.75, 3.05) is 23.3 Å². The van der Waals surface area contributed by atoms with Crippen molar-refractivity contribution in [3.63, 3.8) is 0 Å². The summed E-state index contributed by atoms with van der Waals surface area (Å²) in [5.74, 6) is -2.36. The standard InChI is InChI=1S/C19H20F3N3O3/c20-19(21,22)18(28)25-8-1-2-15(25)16(26)23-13-5-6-14-12(10-13)7-9-24(14)17(27)11-3-4-11/h5-6,10-11,15H,1-4,7-9H2,(H,23,26). The molecular weight excluding hydrogens is 375 g/mol. The van der Waals surface area contributed by atoms with Gasteiger partial charge in [-0.2, -0.15) is 13.2 Å². The number of halogens is 3. The number of anilines is 2. The lowest BCUT2D eigenvalue weighted by Gasteiger charge is -2.25. The summed E-state index contributed by atoms with van der Waals surface area (Å²) in [6.45, 7) is 0.511. The molecule has 150 valence electrons. The van der Waals surface area contributed by atoms with Crippen molar-refractivity contribution in [3.05, 3.63) is 23.8 Å². The van der Waals surface area contributed by atoms with Gasteiger partial charge in [0.25, 0.3) is 0 Å². The van der Waals surface area contributed by atoms with E-state index in [1.165, 1.54) is 0 Å². The molecule has 2 heterocycles. The number of likely N-dealkylation sites (tertiary alicyclic amines) is 1. The predicted octanol–water partition coefficient (Wildman–Crippen LogP) is 2.48. The molecule has 0 radical (unpaired) electrons. The average molecular weight is 395 g/mol. The molecule has 0 spiro atoms. The summed E-state index contributed by atoms with van der Waals surface area (Å²) in [4.78, 5) is 38.7. The van der Waals surface area contributed by atoms with Crippen LogP contribution in [0.15, 0.2) is 18.2 Å². The second kappa shape index (κ2) is 6.79.